The van der Waals surface area contributed by atoms with E-state index in [0.29, 0.717) is 5.56 Å². The van der Waals surface area contributed by atoms with Crippen LogP contribution in [-0.4, -0.2) is 50.3 Å². The van der Waals surface area contributed by atoms with Crippen LogP contribution >= 0.6 is 0 Å². The second kappa shape index (κ2) is 10.9. The van der Waals surface area contributed by atoms with Gasteiger partial charge in [-0.3, -0.25) is 9.69 Å². The highest BCUT2D eigenvalue weighted by Crippen LogP contribution is 2.23. The Bertz CT molecular complexity index is 1140. The van der Waals surface area contributed by atoms with E-state index in [1.54, 1.807) is 25.5 Å². The minimum absolute atomic E-state index is 0.215. The van der Waals surface area contributed by atoms with E-state index >= 15 is 0 Å². The number of hydrogen-bond acceptors (Lipinski definition) is 5. The van der Waals surface area contributed by atoms with Gasteiger partial charge in [-0.05, 0) is 67.1 Å². The van der Waals surface area contributed by atoms with Gasteiger partial charge in [-0.25, -0.2) is 9.82 Å². The number of methoxy groups -OCH3 is 1. The first-order valence-electron chi connectivity index (χ1n) is 11.3. The number of carbonyl (C=O) groups is 1. The van der Waals surface area contributed by atoms with Gasteiger partial charge in [0.1, 0.15) is 11.6 Å². The smallest absolute Gasteiger partial charge is 0.271 e. The number of piperazine rings is 1. The highest BCUT2D eigenvalue weighted by atomic mass is 19.1. The average Bonchev–Trinajstić information content (AvgIpc) is 2.86. The lowest BCUT2D eigenvalue weighted by Gasteiger charge is -2.36. The van der Waals surface area contributed by atoms with E-state index in [1.165, 1.54) is 12.1 Å². The zero-order valence-corrected chi connectivity index (χ0v) is 19.5. The van der Waals surface area contributed by atoms with Gasteiger partial charge in [0, 0.05) is 49.5 Å². The second-order valence-electron chi connectivity index (χ2n) is 8.38. The van der Waals surface area contributed by atoms with Crippen molar-refractivity contribution >= 4 is 17.8 Å². The van der Waals surface area contributed by atoms with E-state index in [0.717, 1.165) is 60.9 Å². The summed E-state index contributed by atoms with van der Waals surface area (Å²) in [6, 6.07) is 19.9. The minimum atomic E-state index is -0.246. The predicted molar refractivity (Wildman–Crippen MR) is 133 cm³/mol. The molecule has 34 heavy (non-hydrogen) atoms. The molecule has 0 spiro atoms. The van der Waals surface area contributed by atoms with E-state index in [4.69, 9.17) is 4.74 Å². The summed E-state index contributed by atoms with van der Waals surface area (Å²) in [5.41, 5.74) is 7.23. The van der Waals surface area contributed by atoms with Crippen molar-refractivity contribution in [1.29, 1.82) is 0 Å². The number of amides is 1. The standard InChI is InChI=1S/C27H29FN4O2/c1-20-3-6-22(7-4-20)27(33)30-29-18-21-5-12-26(34-2)23(17-21)19-31-13-15-32(16-14-31)25-10-8-24(28)9-11-25/h3-12,17-18H,13-16,19H2,1-2H3,(H,30,33)/b29-18+. The van der Waals surface area contributed by atoms with Crippen LogP contribution in [0.5, 0.6) is 5.75 Å². The van der Waals surface area contributed by atoms with Crippen molar-refractivity contribution in [3.8, 4) is 5.75 Å². The molecule has 0 unspecified atom stereocenters. The van der Waals surface area contributed by atoms with Gasteiger partial charge in [-0.2, -0.15) is 5.10 Å². The van der Waals surface area contributed by atoms with Crippen LogP contribution in [0, 0.1) is 12.7 Å². The summed E-state index contributed by atoms with van der Waals surface area (Å²) in [7, 11) is 1.67. The zero-order chi connectivity index (χ0) is 23.9. The fraction of sp³-hybridized carbons (Fsp3) is 0.259. The van der Waals surface area contributed by atoms with Gasteiger partial charge in [0.15, 0.2) is 0 Å². The molecule has 1 aliphatic heterocycles. The average molecular weight is 461 g/mol. The van der Waals surface area contributed by atoms with Gasteiger partial charge in [0.25, 0.3) is 5.91 Å². The van der Waals surface area contributed by atoms with E-state index < -0.39 is 0 Å². The number of ether oxygens (including phenoxy) is 1. The van der Waals surface area contributed by atoms with Crippen molar-refractivity contribution < 1.29 is 13.9 Å². The normalized spacial score (nSPS) is 14.4. The molecule has 6 nitrogen and oxygen atoms in total. The highest BCUT2D eigenvalue weighted by molar-refractivity contribution is 5.94. The topological polar surface area (TPSA) is 57.2 Å². The van der Waals surface area contributed by atoms with Crippen LogP contribution in [0.2, 0.25) is 0 Å². The molecule has 0 aromatic heterocycles. The molecule has 176 valence electrons. The molecule has 3 aromatic carbocycles. The zero-order valence-electron chi connectivity index (χ0n) is 19.5. The highest BCUT2D eigenvalue weighted by Gasteiger charge is 2.19. The molecule has 0 aliphatic carbocycles. The van der Waals surface area contributed by atoms with Gasteiger partial charge in [0.2, 0.25) is 0 Å². The van der Waals surface area contributed by atoms with Crippen molar-refractivity contribution in [2.75, 3.05) is 38.2 Å². The first-order chi connectivity index (χ1) is 16.5. The first-order valence-corrected chi connectivity index (χ1v) is 11.3. The molecule has 0 bridgehead atoms. The summed E-state index contributed by atoms with van der Waals surface area (Å²) in [5, 5.41) is 4.12. The Balaban J connectivity index is 1.35. The molecule has 1 fully saturated rings. The van der Waals surface area contributed by atoms with Crippen LogP contribution in [0.4, 0.5) is 10.1 Å². The van der Waals surface area contributed by atoms with Crippen LogP contribution in [0.15, 0.2) is 71.8 Å². The monoisotopic (exact) mass is 460 g/mol. The van der Waals surface area contributed by atoms with E-state index in [2.05, 4.69) is 20.3 Å². The molecule has 1 N–H and O–H groups in total. The number of hydrogen-bond donors (Lipinski definition) is 1. The summed E-state index contributed by atoms with van der Waals surface area (Å²) in [4.78, 5) is 16.9. The lowest BCUT2D eigenvalue weighted by molar-refractivity contribution is 0.0955. The van der Waals surface area contributed by atoms with Crippen molar-refractivity contribution in [3.63, 3.8) is 0 Å². The summed E-state index contributed by atoms with van der Waals surface area (Å²) in [6.07, 6.45) is 1.64. The molecule has 1 amide bonds. The molecule has 0 saturated carbocycles. The molecule has 1 heterocycles. The van der Waals surface area contributed by atoms with Gasteiger partial charge in [-0.15, -0.1) is 0 Å². The fourth-order valence-corrected chi connectivity index (χ4v) is 3.99. The number of aryl methyl sites for hydroxylation is 1. The third kappa shape index (κ3) is 5.99. The second-order valence-corrected chi connectivity index (χ2v) is 8.38. The number of benzene rings is 3. The van der Waals surface area contributed by atoms with Crippen LogP contribution < -0.4 is 15.1 Å². The maximum absolute atomic E-state index is 13.2. The van der Waals surface area contributed by atoms with Gasteiger partial charge >= 0.3 is 0 Å². The number of carbonyl (C=O) groups excluding carboxylic acids is 1. The third-order valence-electron chi connectivity index (χ3n) is 5.96. The minimum Gasteiger partial charge on any atom is -0.496 e. The molecule has 0 atom stereocenters. The van der Waals surface area contributed by atoms with Crippen molar-refractivity contribution in [2.24, 2.45) is 5.10 Å². The molecule has 4 rings (SSSR count). The number of nitrogens with one attached hydrogen (secondary N) is 1. The molecule has 1 saturated heterocycles. The third-order valence-corrected chi connectivity index (χ3v) is 5.96. The Kier molecular flexibility index (Phi) is 7.54. The molecular weight excluding hydrogens is 431 g/mol. The molecule has 7 heteroatoms. The molecule has 0 radical (unpaired) electrons. The predicted octanol–water partition coefficient (Wildman–Crippen LogP) is 4.23. The number of nitrogens with zero attached hydrogens (tertiary/aromatic N) is 3. The van der Waals surface area contributed by atoms with Crippen molar-refractivity contribution in [3.05, 3.63) is 94.8 Å². The summed E-state index contributed by atoms with van der Waals surface area (Å²) < 4.78 is 18.8. The first kappa shape index (κ1) is 23.4. The molecular formula is C27H29FN4O2. The Morgan fingerprint density at radius 3 is 2.41 bits per heavy atom. The van der Waals surface area contributed by atoms with Crippen LogP contribution in [0.3, 0.4) is 0 Å². The van der Waals surface area contributed by atoms with Crippen molar-refractivity contribution in [1.82, 2.24) is 10.3 Å². The van der Waals surface area contributed by atoms with Crippen molar-refractivity contribution in [2.45, 2.75) is 13.5 Å². The maximum atomic E-state index is 13.2. The number of halogens is 1. The van der Waals surface area contributed by atoms with Crippen LogP contribution in [0.25, 0.3) is 0 Å². The lowest BCUT2D eigenvalue weighted by Crippen LogP contribution is -2.46. The Morgan fingerprint density at radius 2 is 1.74 bits per heavy atom. The number of rotatable bonds is 7. The number of hydrazone groups is 1. The fourth-order valence-electron chi connectivity index (χ4n) is 3.99. The summed E-state index contributed by atoms with van der Waals surface area (Å²) >= 11 is 0. The van der Waals surface area contributed by atoms with Gasteiger partial charge in [0.05, 0.1) is 13.3 Å². The maximum Gasteiger partial charge on any atom is 0.271 e. The SMILES string of the molecule is COc1ccc(/C=N/NC(=O)c2ccc(C)cc2)cc1CN1CCN(c2ccc(F)cc2)CC1. The van der Waals surface area contributed by atoms with Gasteiger partial charge < -0.3 is 9.64 Å². The Hall–Kier alpha value is -3.71. The van der Waals surface area contributed by atoms with E-state index in [-0.39, 0.29) is 11.7 Å². The lowest BCUT2D eigenvalue weighted by atomic mass is 10.1. The largest absolute Gasteiger partial charge is 0.496 e. The Morgan fingerprint density at radius 1 is 1.03 bits per heavy atom. The number of anilines is 1. The van der Waals surface area contributed by atoms with E-state index in [9.17, 15) is 9.18 Å². The summed E-state index contributed by atoms with van der Waals surface area (Å²) in [5.74, 6) is 0.360. The molecule has 3 aromatic rings. The summed E-state index contributed by atoms with van der Waals surface area (Å²) in [6.45, 7) is 6.27. The molecule has 1 aliphatic rings. The quantitative estimate of drug-likeness (QED) is 0.424. The Labute approximate surface area is 199 Å². The van der Waals surface area contributed by atoms with Gasteiger partial charge in [-0.1, -0.05) is 17.7 Å². The van der Waals surface area contributed by atoms with E-state index in [1.807, 2.05) is 49.4 Å². The van der Waals surface area contributed by atoms with Crippen LogP contribution in [0.1, 0.15) is 27.0 Å². The van der Waals surface area contributed by atoms with Crippen LogP contribution in [-0.2, 0) is 6.54 Å².